The third-order valence-corrected chi connectivity index (χ3v) is 2.81. The fraction of sp³-hybridized carbons (Fsp3) is 0.167. The molecule has 1 aromatic carbocycles. The molecule has 94 valence electrons. The van der Waals surface area contributed by atoms with Crippen LogP contribution in [0.1, 0.15) is 16.3 Å². The molecule has 0 aliphatic rings. The molecule has 0 spiro atoms. The van der Waals surface area contributed by atoms with Crippen LogP contribution in [0.15, 0.2) is 30.5 Å². The highest BCUT2D eigenvalue weighted by atomic mass is 35.5. The number of carboxylic acid groups (broad SMARTS) is 1. The van der Waals surface area contributed by atoms with Gasteiger partial charge in [-0.15, -0.1) is 0 Å². The third-order valence-electron chi connectivity index (χ3n) is 2.50. The molecule has 0 aliphatic heterocycles. The van der Waals surface area contributed by atoms with Gasteiger partial charge in [-0.05, 0) is 12.1 Å². The van der Waals surface area contributed by atoms with Crippen molar-refractivity contribution in [3.05, 3.63) is 47.0 Å². The van der Waals surface area contributed by atoms with E-state index >= 15 is 0 Å². The van der Waals surface area contributed by atoms with Gasteiger partial charge in [0.05, 0.1) is 11.2 Å². The Morgan fingerprint density at radius 1 is 1.50 bits per heavy atom. The normalized spacial score (nSPS) is 10.3. The molecule has 0 aliphatic carbocycles. The average molecular weight is 267 g/mol. The van der Waals surface area contributed by atoms with Crippen LogP contribution in [-0.2, 0) is 13.7 Å². The van der Waals surface area contributed by atoms with Crippen LogP contribution in [0.25, 0.3) is 0 Å². The molecule has 18 heavy (non-hydrogen) atoms. The lowest BCUT2D eigenvalue weighted by atomic mass is 10.3. The van der Waals surface area contributed by atoms with E-state index in [0.29, 0.717) is 16.6 Å². The Bertz CT molecular complexity index is 580. The molecular formula is C12H11ClN2O3. The molecule has 5 nitrogen and oxygen atoms in total. The fourth-order valence-corrected chi connectivity index (χ4v) is 1.68. The lowest BCUT2D eigenvalue weighted by Gasteiger charge is -2.08. The summed E-state index contributed by atoms with van der Waals surface area (Å²) in [5.41, 5.74) is 0.118. The summed E-state index contributed by atoms with van der Waals surface area (Å²) < 4.78 is 6.96. The number of aromatic carboxylic acids is 1. The summed E-state index contributed by atoms with van der Waals surface area (Å²) in [5.74, 6) is 0.0420. The molecule has 0 unspecified atom stereocenters. The molecule has 2 rings (SSSR count). The monoisotopic (exact) mass is 266 g/mol. The summed E-state index contributed by atoms with van der Waals surface area (Å²) in [6, 6.07) is 7.07. The van der Waals surface area contributed by atoms with E-state index in [2.05, 4.69) is 4.98 Å². The predicted octanol–water partition coefficient (Wildman–Crippen LogP) is 2.35. The van der Waals surface area contributed by atoms with E-state index in [0.717, 1.165) is 0 Å². The second-order valence-electron chi connectivity index (χ2n) is 3.64. The minimum absolute atomic E-state index is 0.118. The first-order chi connectivity index (χ1) is 8.59. The topological polar surface area (TPSA) is 64.4 Å². The van der Waals surface area contributed by atoms with Gasteiger partial charge >= 0.3 is 5.97 Å². The van der Waals surface area contributed by atoms with Crippen LogP contribution in [0.3, 0.4) is 0 Å². The summed E-state index contributed by atoms with van der Waals surface area (Å²) in [6.07, 6.45) is 1.30. The maximum Gasteiger partial charge on any atom is 0.354 e. The van der Waals surface area contributed by atoms with Gasteiger partial charge in [-0.25, -0.2) is 9.78 Å². The predicted molar refractivity (Wildman–Crippen MR) is 66.0 cm³/mol. The summed E-state index contributed by atoms with van der Waals surface area (Å²) in [5, 5.41) is 9.39. The Balaban J connectivity index is 2.12. The Labute approximate surface area is 109 Å². The van der Waals surface area contributed by atoms with E-state index < -0.39 is 5.97 Å². The molecule has 1 N–H and O–H groups in total. The minimum Gasteiger partial charge on any atom is -0.484 e. The van der Waals surface area contributed by atoms with Crippen molar-refractivity contribution >= 4 is 17.6 Å². The maximum atomic E-state index is 10.8. The number of carbonyl (C=O) groups is 1. The molecule has 1 aromatic heterocycles. The number of imidazole rings is 1. The quantitative estimate of drug-likeness (QED) is 0.923. The molecular weight excluding hydrogens is 256 g/mol. The molecule has 6 heteroatoms. The van der Waals surface area contributed by atoms with Crippen molar-refractivity contribution in [1.82, 2.24) is 9.55 Å². The van der Waals surface area contributed by atoms with Crippen molar-refractivity contribution in [3.8, 4) is 5.75 Å². The molecule has 0 amide bonds. The number of aromatic nitrogens is 2. The van der Waals surface area contributed by atoms with E-state index in [1.54, 1.807) is 25.2 Å². The SMILES string of the molecule is Cn1c(C(=O)O)cnc1COc1ccccc1Cl. The molecule has 0 fully saturated rings. The van der Waals surface area contributed by atoms with E-state index in [1.165, 1.54) is 10.8 Å². The van der Waals surface area contributed by atoms with Crippen LogP contribution in [0.5, 0.6) is 5.75 Å². The highest BCUT2D eigenvalue weighted by Crippen LogP contribution is 2.23. The number of rotatable bonds is 4. The van der Waals surface area contributed by atoms with Gasteiger partial charge in [0.1, 0.15) is 23.9 Å². The van der Waals surface area contributed by atoms with Crippen molar-refractivity contribution in [2.75, 3.05) is 0 Å². The Morgan fingerprint density at radius 2 is 2.22 bits per heavy atom. The van der Waals surface area contributed by atoms with E-state index in [-0.39, 0.29) is 12.3 Å². The number of nitrogens with zero attached hydrogens (tertiary/aromatic N) is 2. The van der Waals surface area contributed by atoms with Crippen LogP contribution in [0.2, 0.25) is 5.02 Å². The van der Waals surface area contributed by atoms with E-state index in [1.807, 2.05) is 6.07 Å². The first kappa shape index (κ1) is 12.4. The van der Waals surface area contributed by atoms with Gasteiger partial charge in [0.15, 0.2) is 0 Å². The molecule has 0 radical (unpaired) electrons. The zero-order valence-electron chi connectivity index (χ0n) is 9.63. The van der Waals surface area contributed by atoms with Gasteiger partial charge in [-0.1, -0.05) is 23.7 Å². The molecule has 0 saturated carbocycles. The highest BCUT2D eigenvalue weighted by molar-refractivity contribution is 6.32. The largest absolute Gasteiger partial charge is 0.484 e. The lowest BCUT2D eigenvalue weighted by Crippen LogP contribution is -2.09. The van der Waals surface area contributed by atoms with E-state index in [9.17, 15) is 4.79 Å². The molecule has 0 atom stereocenters. The van der Waals surface area contributed by atoms with Crippen LogP contribution in [0.4, 0.5) is 0 Å². The molecule has 1 heterocycles. The second-order valence-corrected chi connectivity index (χ2v) is 4.05. The van der Waals surface area contributed by atoms with Gasteiger partial charge in [-0.3, -0.25) is 0 Å². The summed E-state index contributed by atoms with van der Waals surface area (Å²) in [7, 11) is 1.63. The van der Waals surface area contributed by atoms with Crippen LogP contribution < -0.4 is 4.74 Å². The number of carboxylic acids is 1. The minimum atomic E-state index is -1.02. The Hall–Kier alpha value is -2.01. The number of hydrogen-bond acceptors (Lipinski definition) is 3. The first-order valence-electron chi connectivity index (χ1n) is 5.21. The number of ether oxygens (including phenoxy) is 1. The number of hydrogen-bond donors (Lipinski definition) is 1. The van der Waals surface area contributed by atoms with E-state index in [4.69, 9.17) is 21.4 Å². The lowest BCUT2D eigenvalue weighted by molar-refractivity contribution is 0.0686. The first-order valence-corrected chi connectivity index (χ1v) is 5.58. The Kier molecular flexibility index (Phi) is 3.53. The van der Waals surface area contributed by atoms with Gasteiger partial charge in [0, 0.05) is 7.05 Å². The summed E-state index contributed by atoms with van der Waals surface area (Å²) in [6.45, 7) is 0.160. The molecule has 0 saturated heterocycles. The Morgan fingerprint density at radius 3 is 2.83 bits per heavy atom. The third kappa shape index (κ3) is 2.46. The average Bonchev–Trinajstić information content (AvgIpc) is 2.70. The van der Waals surface area contributed by atoms with Gasteiger partial charge < -0.3 is 14.4 Å². The van der Waals surface area contributed by atoms with Crippen LogP contribution in [0, 0.1) is 0 Å². The summed E-state index contributed by atoms with van der Waals surface area (Å²) >= 11 is 5.94. The zero-order chi connectivity index (χ0) is 13.1. The maximum absolute atomic E-state index is 10.8. The van der Waals surface area contributed by atoms with Crippen molar-refractivity contribution < 1.29 is 14.6 Å². The number of benzene rings is 1. The molecule has 2 aromatic rings. The number of para-hydroxylation sites is 1. The fourth-order valence-electron chi connectivity index (χ4n) is 1.48. The second kappa shape index (κ2) is 5.10. The van der Waals surface area contributed by atoms with Crippen molar-refractivity contribution in [2.45, 2.75) is 6.61 Å². The standard InChI is InChI=1S/C12H11ClN2O3/c1-15-9(12(16)17)6-14-11(15)7-18-10-5-3-2-4-8(10)13/h2-6H,7H2,1H3,(H,16,17). The van der Waals surface area contributed by atoms with Crippen molar-refractivity contribution in [3.63, 3.8) is 0 Å². The van der Waals surface area contributed by atoms with Gasteiger partial charge in [0.2, 0.25) is 0 Å². The number of halogens is 1. The van der Waals surface area contributed by atoms with Crippen LogP contribution >= 0.6 is 11.6 Å². The van der Waals surface area contributed by atoms with Gasteiger partial charge in [-0.2, -0.15) is 0 Å². The van der Waals surface area contributed by atoms with Gasteiger partial charge in [0.25, 0.3) is 0 Å². The zero-order valence-corrected chi connectivity index (χ0v) is 10.4. The van der Waals surface area contributed by atoms with Crippen molar-refractivity contribution in [2.24, 2.45) is 7.05 Å². The molecule has 0 bridgehead atoms. The van der Waals surface area contributed by atoms with Crippen LogP contribution in [-0.4, -0.2) is 20.6 Å². The smallest absolute Gasteiger partial charge is 0.354 e. The van der Waals surface area contributed by atoms with Crippen molar-refractivity contribution in [1.29, 1.82) is 0 Å². The summed E-state index contributed by atoms with van der Waals surface area (Å²) in [4.78, 5) is 14.8. The highest BCUT2D eigenvalue weighted by Gasteiger charge is 2.13.